The summed E-state index contributed by atoms with van der Waals surface area (Å²) in [5.74, 6) is 0.0409. The zero-order valence-electron chi connectivity index (χ0n) is 13.7. The highest BCUT2D eigenvalue weighted by atomic mass is 19.4. The van der Waals surface area contributed by atoms with Crippen molar-refractivity contribution in [2.24, 2.45) is 5.92 Å². The molecular formula is C17H23F3N2O2. The molecule has 7 heteroatoms. The van der Waals surface area contributed by atoms with Crippen molar-refractivity contribution in [2.75, 3.05) is 7.05 Å². The Kier molecular flexibility index (Phi) is 6.48. The molecule has 0 aliphatic heterocycles. The average molecular weight is 344 g/mol. The van der Waals surface area contributed by atoms with E-state index in [-0.39, 0.29) is 18.2 Å². The Morgan fingerprint density at radius 2 is 1.96 bits per heavy atom. The van der Waals surface area contributed by atoms with Crippen LogP contribution in [-0.2, 0) is 11.3 Å². The summed E-state index contributed by atoms with van der Waals surface area (Å²) in [6.45, 7) is 0.194. The van der Waals surface area contributed by atoms with Gasteiger partial charge in [-0.15, -0.1) is 13.2 Å². The second-order valence-corrected chi connectivity index (χ2v) is 6.18. The molecule has 0 spiro atoms. The van der Waals surface area contributed by atoms with Crippen molar-refractivity contribution in [1.82, 2.24) is 10.6 Å². The average Bonchev–Trinajstić information content (AvgIpc) is 2.52. The van der Waals surface area contributed by atoms with E-state index in [4.69, 9.17) is 0 Å². The fourth-order valence-corrected chi connectivity index (χ4v) is 3.04. The predicted octanol–water partition coefficient (Wildman–Crippen LogP) is 3.37. The summed E-state index contributed by atoms with van der Waals surface area (Å²) in [6.07, 6.45) is -0.0541. The molecule has 0 saturated heterocycles. The lowest BCUT2D eigenvalue weighted by Crippen LogP contribution is -2.32. The molecule has 1 aromatic carbocycles. The Morgan fingerprint density at radius 1 is 1.25 bits per heavy atom. The molecule has 1 aliphatic carbocycles. The van der Waals surface area contributed by atoms with Gasteiger partial charge < -0.3 is 15.4 Å². The number of hydrogen-bond acceptors (Lipinski definition) is 3. The number of rotatable bonds is 6. The van der Waals surface area contributed by atoms with E-state index in [1.807, 2.05) is 7.05 Å². The summed E-state index contributed by atoms with van der Waals surface area (Å²) >= 11 is 0. The molecular weight excluding hydrogens is 321 g/mol. The van der Waals surface area contributed by atoms with Crippen LogP contribution in [0.4, 0.5) is 13.2 Å². The highest BCUT2D eigenvalue weighted by molar-refractivity contribution is 5.76. The Balaban J connectivity index is 1.76. The van der Waals surface area contributed by atoms with Crippen LogP contribution < -0.4 is 15.4 Å². The fourth-order valence-electron chi connectivity index (χ4n) is 3.04. The Morgan fingerprint density at radius 3 is 2.58 bits per heavy atom. The maximum atomic E-state index is 12.2. The van der Waals surface area contributed by atoms with E-state index in [1.165, 1.54) is 18.2 Å². The van der Waals surface area contributed by atoms with Gasteiger partial charge in [0.1, 0.15) is 5.75 Å². The van der Waals surface area contributed by atoms with Gasteiger partial charge in [0.05, 0.1) is 0 Å². The van der Waals surface area contributed by atoms with Gasteiger partial charge in [-0.05, 0) is 56.3 Å². The van der Waals surface area contributed by atoms with Gasteiger partial charge in [-0.2, -0.15) is 0 Å². The Labute approximate surface area is 139 Å². The molecule has 1 aromatic rings. The van der Waals surface area contributed by atoms with Gasteiger partial charge >= 0.3 is 6.36 Å². The van der Waals surface area contributed by atoms with Crippen LogP contribution in [0, 0.1) is 5.92 Å². The zero-order chi connectivity index (χ0) is 17.6. The molecule has 0 radical (unpaired) electrons. The second kappa shape index (κ2) is 8.37. The number of carbonyl (C=O) groups is 1. The van der Waals surface area contributed by atoms with E-state index in [9.17, 15) is 18.0 Å². The molecule has 0 bridgehead atoms. The third-order valence-corrected chi connectivity index (χ3v) is 4.35. The number of alkyl halides is 3. The van der Waals surface area contributed by atoms with Gasteiger partial charge in [-0.3, -0.25) is 4.79 Å². The van der Waals surface area contributed by atoms with Crippen molar-refractivity contribution in [3.05, 3.63) is 29.8 Å². The first-order valence-corrected chi connectivity index (χ1v) is 8.14. The maximum Gasteiger partial charge on any atom is 0.573 e. The molecule has 0 heterocycles. The van der Waals surface area contributed by atoms with Crippen molar-refractivity contribution in [3.8, 4) is 5.75 Å². The first-order valence-electron chi connectivity index (χ1n) is 8.14. The molecule has 134 valence electrons. The molecule has 2 rings (SSSR count). The largest absolute Gasteiger partial charge is 0.573 e. The molecule has 4 nitrogen and oxygen atoms in total. The summed E-state index contributed by atoms with van der Waals surface area (Å²) < 4.78 is 40.5. The smallest absolute Gasteiger partial charge is 0.406 e. The number of benzene rings is 1. The van der Waals surface area contributed by atoms with E-state index in [0.717, 1.165) is 25.7 Å². The zero-order valence-corrected chi connectivity index (χ0v) is 13.7. The van der Waals surface area contributed by atoms with Crippen molar-refractivity contribution < 1.29 is 22.7 Å². The van der Waals surface area contributed by atoms with E-state index >= 15 is 0 Å². The molecule has 0 unspecified atom stereocenters. The maximum absolute atomic E-state index is 12.2. The van der Waals surface area contributed by atoms with Crippen LogP contribution in [0.5, 0.6) is 5.75 Å². The quantitative estimate of drug-likeness (QED) is 0.832. The summed E-state index contributed by atoms with van der Waals surface area (Å²) in [4.78, 5) is 12.0. The van der Waals surface area contributed by atoms with Gasteiger partial charge in [-0.25, -0.2) is 0 Å². The topological polar surface area (TPSA) is 50.4 Å². The molecule has 1 amide bonds. The second-order valence-electron chi connectivity index (χ2n) is 6.18. The van der Waals surface area contributed by atoms with E-state index in [0.29, 0.717) is 23.9 Å². The van der Waals surface area contributed by atoms with Gasteiger partial charge in [-0.1, -0.05) is 12.1 Å². The highest BCUT2D eigenvalue weighted by Gasteiger charge is 2.31. The number of halogens is 3. The van der Waals surface area contributed by atoms with E-state index in [1.54, 1.807) is 6.07 Å². The van der Waals surface area contributed by atoms with Crippen LogP contribution in [0.2, 0.25) is 0 Å². The van der Waals surface area contributed by atoms with Crippen molar-refractivity contribution in [3.63, 3.8) is 0 Å². The minimum absolute atomic E-state index is 0.0648. The lowest BCUT2D eigenvalue weighted by molar-refractivity contribution is -0.274. The monoisotopic (exact) mass is 344 g/mol. The predicted molar refractivity (Wildman–Crippen MR) is 84.4 cm³/mol. The van der Waals surface area contributed by atoms with Gasteiger partial charge in [0.25, 0.3) is 0 Å². The number of ether oxygens (including phenoxy) is 1. The molecule has 24 heavy (non-hydrogen) atoms. The number of carbonyl (C=O) groups excluding carboxylic acids is 1. The van der Waals surface area contributed by atoms with Crippen molar-refractivity contribution >= 4 is 5.91 Å². The first kappa shape index (κ1) is 18.6. The van der Waals surface area contributed by atoms with Crippen LogP contribution in [0.1, 0.15) is 37.7 Å². The van der Waals surface area contributed by atoms with Crippen LogP contribution in [-0.4, -0.2) is 25.4 Å². The molecule has 0 atom stereocenters. The van der Waals surface area contributed by atoms with Gasteiger partial charge in [0.15, 0.2) is 0 Å². The van der Waals surface area contributed by atoms with Crippen LogP contribution in [0.3, 0.4) is 0 Å². The molecule has 2 N–H and O–H groups in total. The summed E-state index contributed by atoms with van der Waals surface area (Å²) in [5, 5.41) is 6.02. The summed E-state index contributed by atoms with van der Waals surface area (Å²) in [6, 6.07) is 6.19. The van der Waals surface area contributed by atoms with Crippen LogP contribution in [0.15, 0.2) is 24.3 Å². The minimum atomic E-state index is -4.71. The molecule has 0 aromatic heterocycles. The number of hydrogen-bond donors (Lipinski definition) is 2. The number of nitrogens with one attached hydrogen (secondary N) is 2. The van der Waals surface area contributed by atoms with Crippen molar-refractivity contribution in [1.29, 1.82) is 0 Å². The third kappa shape index (κ3) is 6.39. The van der Waals surface area contributed by atoms with E-state index in [2.05, 4.69) is 15.4 Å². The van der Waals surface area contributed by atoms with Gasteiger partial charge in [0, 0.05) is 19.0 Å². The molecule has 1 saturated carbocycles. The molecule has 1 aliphatic rings. The van der Waals surface area contributed by atoms with Crippen LogP contribution >= 0.6 is 0 Å². The SMILES string of the molecule is CNC1CCC(CC(=O)NCc2cccc(OC(F)(F)F)c2)CC1. The summed E-state index contributed by atoms with van der Waals surface area (Å²) in [5.41, 5.74) is 0.573. The summed E-state index contributed by atoms with van der Waals surface area (Å²) in [7, 11) is 1.95. The fraction of sp³-hybridized carbons (Fsp3) is 0.588. The van der Waals surface area contributed by atoms with Gasteiger partial charge in [0.2, 0.25) is 5.91 Å². The van der Waals surface area contributed by atoms with E-state index < -0.39 is 6.36 Å². The Bertz CT molecular complexity index is 541. The van der Waals surface area contributed by atoms with Crippen molar-refractivity contribution in [2.45, 2.75) is 51.1 Å². The Hall–Kier alpha value is -1.76. The minimum Gasteiger partial charge on any atom is -0.406 e. The molecule has 1 fully saturated rings. The third-order valence-electron chi connectivity index (χ3n) is 4.35. The first-order chi connectivity index (χ1) is 11.4. The lowest BCUT2D eigenvalue weighted by atomic mass is 9.84. The number of amides is 1. The van der Waals surface area contributed by atoms with Crippen LogP contribution in [0.25, 0.3) is 0 Å². The standard InChI is InChI=1S/C17H23F3N2O2/c1-21-14-7-5-12(6-8-14)10-16(23)22-11-13-3-2-4-15(9-13)24-17(18,19)20/h2-4,9,12,14,21H,5-8,10-11H2,1H3,(H,22,23). The normalized spacial score (nSPS) is 21.3. The lowest BCUT2D eigenvalue weighted by Gasteiger charge is -2.27. The highest BCUT2D eigenvalue weighted by Crippen LogP contribution is 2.27.